The van der Waals surface area contributed by atoms with E-state index < -0.39 is 0 Å². The highest BCUT2D eigenvalue weighted by Gasteiger charge is 2.01. The molecule has 15 heavy (non-hydrogen) atoms. The molecule has 0 N–H and O–H groups in total. The van der Waals surface area contributed by atoms with Crippen LogP contribution in [0.3, 0.4) is 0 Å². The summed E-state index contributed by atoms with van der Waals surface area (Å²) in [5.41, 5.74) is 6.28. The minimum Gasteiger partial charge on any atom is -0.0614 e. The van der Waals surface area contributed by atoms with Crippen LogP contribution in [0.15, 0.2) is 36.4 Å². The summed E-state index contributed by atoms with van der Waals surface area (Å²) < 4.78 is 0. The Morgan fingerprint density at radius 1 is 0.933 bits per heavy atom. The predicted octanol–water partition coefficient (Wildman–Crippen LogP) is 4.08. The summed E-state index contributed by atoms with van der Waals surface area (Å²) >= 11 is 0. The molecule has 1 radical (unpaired) electrons. The van der Waals surface area contributed by atoms with Crippen LogP contribution in [0.4, 0.5) is 0 Å². The molecule has 0 aliphatic rings. The van der Waals surface area contributed by atoms with Crippen LogP contribution in [0.5, 0.6) is 0 Å². The van der Waals surface area contributed by atoms with Gasteiger partial charge in [-0.25, -0.2) is 0 Å². The van der Waals surface area contributed by atoms with Gasteiger partial charge in [0.05, 0.1) is 0 Å². The smallest absolute Gasteiger partial charge is 0.0114 e. The molecule has 0 amide bonds. The first-order chi connectivity index (χ1) is 7.16. The van der Waals surface area contributed by atoms with Crippen molar-refractivity contribution in [1.29, 1.82) is 0 Å². The van der Waals surface area contributed by atoms with Gasteiger partial charge < -0.3 is 0 Å². The van der Waals surface area contributed by atoms with Gasteiger partial charge in [-0.05, 0) is 49.1 Å². The normalized spacial score (nSPS) is 10.3. The van der Waals surface area contributed by atoms with Crippen molar-refractivity contribution in [2.75, 3.05) is 0 Å². The third kappa shape index (κ3) is 2.10. The molecule has 0 atom stereocenters. The van der Waals surface area contributed by atoms with Gasteiger partial charge in [-0.3, -0.25) is 0 Å². The molecule has 0 unspecified atom stereocenters. The topological polar surface area (TPSA) is 0 Å². The number of hydrogen-bond acceptors (Lipinski definition) is 0. The molecule has 0 heteroatoms. The Bertz CT molecular complexity index is 481. The van der Waals surface area contributed by atoms with E-state index in [1.165, 1.54) is 27.8 Å². The largest absolute Gasteiger partial charge is 0.0614 e. The molecule has 0 fully saturated rings. The predicted molar refractivity (Wildman–Crippen MR) is 64.9 cm³/mol. The Balaban J connectivity index is 2.54. The van der Waals surface area contributed by atoms with Crippen LogP contribution < -0.4 is 0 Å². The van der Waals surface area contributed by atoms with Gasteiger partial charge in [0.1, 0.15) is 0 Å². The lowest BCUT2D eigenvalue weighted by molar-refractivity contribution is 1.36. The van der Waals surface area contributed by atoms with E-state index in [0.717, 1.165) is 0 Å². The minimum atomic E-state index is 1.20. The lowest BCUT2D eigenvalue weighted by Crippen LogP contribution is -1.85. The summed E-state index contributed by atoms with van der Waals surface area (Å²) in [6.07, 6.45) is 0. The van der Waals surface area contributed by atoms with E-state index in [2.05, 4.69) is 63.2 Å². The van der Waals surface area contributed by atoms with E-state index >= 15 is 0 Å². The molecule has 2 aromatic carbocycles. The second-order valence-corrected chi connectivity index (χ2v) is 4.05. The van der Waals surface area contributed by atoms with Crippen molar-refractivity contribution >= 4 is 0 Å². The molecular formula is C15H15. The Hall–Kier alpha value is -1.56. The zero-order valence-corrected chi connectivity index (χ0v) is 9.46. The minimum absolute atomic E-state index is 1.20. The van der Waals surface area contributed by atoms with Crippen LogP contribution in [-0.4, -0.2) is 0 Å². The van der Waals surface area contributed by atoms with Gasteiger partial charge in [0.15, 0.2) is 0 Å². The summed E-state index contributed by atoms with van der Waals surface area (Å²) in [6, 6.07) is 16.2. The van der Waals surface area contributed by atoms with Gasteiger partial charge in [-0.1, -0.05) is 42.0 Å². The maximum Gasteiger partial charge on any atom is -0.0114 e. The highest BCUT2D eigenvalue weighted by Crippen LogP contribution is 2.24. The fourth-order valence-electron chi connectivity index (χ4n) is 1.86. The SMILES string of the molecule is Cc1[c]c(C)c(-c2cccc(C)c2)cc1. The van der Waals surface area contributed by atoms with E-state index in [1.807, 2.05) is 0 Å². The molecular weight excluding hydrogens is 180 g/mol. The molecule has 2 rings (SSSR count). The summed E-state index contributed by atoms with van der Waals surface area (Å²) in [4.78, 5) is 0. The monoisotopic (exact) mass is 195 g/mol. The molecule has 0 nitrogen and oxygen atoms in total. The Morgan fingerprint density at radius 3 is 2.40 bits per heavy atom. The first-order valence-electron chi connectivity index (χ1n) is 5.23. The third-order valence-electron chi connectivity index (χ3n) is 2.62. The maximum absolute atomic E-state index is 3.36. The third-order valence-corrected chi connectivity index (χ3v) is 2.62. The second kappa shape index (κ2) is 3.90. The number of rotatable bonds is 1. The van der Waals surface area contributed by atoms with Gasteiger partial charge in [-0.15, -0.1) is 0 Å². The molecule has 0 heterocycles. The highest BCUT2D eigenvalue weighted by molar-refractivity contribution is 5.67. The first-order valence-corrected chi connectivity index (χ1v) is 5.23. The van der Waals surface area contributed by atoms with Crippen molar-refractivity contribution < 1.29 is 0 Å². The average Bonchev–Trinajstić information content (AvgIpc) is 2.17. The van der Waals surface area contributed by atoms with Crippen molar-refractivity contribution in [3.05, 3.63) is 59.2 Å². The molecule has 0 aromatic heterocycles. The standard InChI is InChI=1S/C15H15/c1-11-5-4-6-14(10-11)15-8-7-12(2)9-13(15)3/h4-8,10H,1-3H3. The van der Waals surface area contributed by atoms with Gasteiger partial charge in [-0.2, -0.15) is 0 Å². The van der Waals surface area contributed by atoms with E-state index in [9.17, 15) is 0 Å². The van der Waals surface area contributed by atoms with Crippen LogP contribution >= 0.6 is 0 Å². The van der Waals surface area contributed by atoms with Crippen LogP contribution in [0.2, 0.25) is 0 Å². The molecule has 2 aromatic rings. The van der Waals surface area contributed by atoms with Crippen LogP contribution in [0, 0.1) is 26.8 Å². The van der Waals surface area contributed by atoms with Gasteiger partial charge >= 0.3 is 0 Å². The Labute approximate surface area is 91.6 Å². The molecule has 0 aliphatic carbocycles. The second-order valence-electron chi connectivity index (χ2n) is 4.05. The van der Waals surface area contributed by atoms with Gasteiger partial charge in [0.25, 0.3) is 0 Å². The maximum atomic E-state index is 3.36. The summed E-state index contributed by atoms with van der Waals surface area (Å²) in [5, 5.41) is 0. The van der Waals surface area contributed by atoms with Gasteiger partial charge in [0, 0.05) is 0 Å². The van der Waals surface area contributed by atoms with Crippen molar-refractivity contribution in [3.8, 4) is 11.1 Å². The van der Waals surface area contributed by atoms with E-state index in [4.69, 9.17) is 0 Å². The summed E-state index contributed by atoms with van der Waals surface area (Å²) in [5.74, 6) is 0. The van der Waals surface area contributed by atoms with Crippen LogP contribution in [0.25, 0.3) is 11.1 Å². The van der Waals surface area contributed by atoms with Crippen molar-refractivity contribution in [2.45, 2.75) is 20.8 Å². The quantitative estimate of drug-likeness (QED) is 0.643. The molecule has 0 aliphatic heterocycles. The molecule has 0 saturated heterocycles. The molecule has 0 saturated carbocycles. The Morgan fingerprint density at radius 2 is 1.73 bits per heavy atom. The van der Waals surface area contributed by atoms with E-state index in [1.54, 1.807) is 0 Å². The first kappa shape index (κ1) is 9.97. The lowest BCUT2D eigenvalue weighted by Gasteiger charge is -2.07. The average molecular weight is 195 g/mol. The highest BCUT2D eigenvalue weighted by atomic mass is 14.1. The van der Waals surface area contributed by atoms with Crippen molar-refractivity contribution in [2.24, 2.45) is 0 Å². The number of aryl methyl sites for hydroxylation is 3. The molecule has 75 valence electrons. The van der Waals surface area contributed by atoms with Crippen molar-refractivity contribution in [3.63, 3.8) is 0 Å². The lowest BCUT2D eigenvalue weighted by atomic mass is 9.98. The Kier molecular flexibility index (Phi) is 2.59. The summed E-state index contributed by atoms with van der Waals surface area (Å²) in [6.45, 7) is 6.31. The number of hydrogen-bond donors (Lipinski definition) is 0. The van der Waals surface area contributed by atoms with Gasteiger partial charge in [0.2, 0.25) is 0 Å². The van der Waals surface area contributed by atoms with E-state index in [0.29, 0.717) is 0 Å². The van der Waals surface area contributed by atoms with E-state index in [-0.39, 0.29) is 0 Å². The van der Waals surface area contributed by atoms with Crippen LogP contribution in [0.1, 0.15) is 16.7 Å². The fraction of sp³-hybridized carbons (Fsp3) is 0.200. The number of benzene rings is 2. The van der Waals surface area contributed by atoms with Crippen molar-refractivity contribution in [1.82, 2.24) is 0 Å². The molecule has 0 spiro atoms. The fourth-order valence-corrected chi connectivity index (χ4v) is 1.86. The molecule has 0 bridgehead atoms. The summed E-state index contributed by atoms with van der Waals surface area (Å²) in [7, 11) is 0. The zero-order chi connectivity index (χ0) is 10.8. The van der Waals surface area contributed by atoms with Crippen LogP contribution in [-0.2, 0) is 0 Å². The zero-order valence-electron chi connectivity index (χ0n) is 9.46.